The first-order valence-electron chi connectivity index (χ1n) is 5.11. The predicted octanol–water partition coefficient (Wildman–Crippen LogP) is 0.548. The van der Waals surface area contributed by atoms with Crippen LogP contribution in [0.1, 0.15) is 24.2 Å². The second-order valence-electron chi connectivity index (χ2n) is 3.79. The lowest BCUT2D eigenvalue weighted by atomic mass is 10.2. The zero-order valence-corrected chi connectivity index (χ0v) is 10.5. The van der Waals surface area contributed by atoms with E-state index in [0.29, 0.717) is 5.56 Å². The fraction of sp³-hybridized carbons (Fsp3) is 0.364. The SMILES string of the molecule is CC(=O)c1ccc(S(=O)(=O)NC(C)CO)cc1. The van der Waals surface area contributed by atoms with Crippen molar-refractivity contribution >= 4 is 15.8 Å². The lowest BCUT2D eigenvalue weighted by Gasteiger charge is -2.11. The average Bonchev–Trinajstić information content (AvgIpc) is 2.28. The Morgan fingerprint density at radius 2 is 1.88 bits per heavy atom. The lowest BCUT2D eigenvalue weighted by Crippen LogP contribution is -2.34. The molecule has 0 aliphatic rings. The van der Waals surface area contributed by atoms with Gasteiger partial charge < -0.3 is 5.11 Å². The van der Waals surface area contributed by atoms with E-state index >= 15 is 0 Å². The molecule has 2 N–H and O–H groups in total. The van der Waals surface area contributed by atoms with Gasteiger partial charge in [0.25, 0.3) is 0 Å². The van der Waals surface area contributed by atoms with Gasteiger partial charge >= 0.3 is 0 Å². The van der Waals surface area contributed by atoms with E-state index in [0.717, 1.165) is 0 Å². The van der Waals surface area contributed by atoms with Crippen molar-refractivity contribution < 1.29 is 18.3 Å². The minimum atomic E-state index is -3.64. The predicted molar refractivity (Wildman–Crippen MR) is 63.3 cm³/mol. The molecule has 1 rings (SSSR count). The highest BCUT2D eigenvalue weighted by molar-refractivity contribution is 7.89. The van der Waals surface area contributed by atoms with Gasteiger partial charge in [-0.2, -0.15) is 0 Å². The number of benzene rings is 1. The highest BCUT2D eigenvalue weighted by atomic mass is 32.2. The number of nitrogens with one attached hydrogen (secondary N) is 1. The Hall–Kier alpha value is -1.24. The minimum absolute atomic E-state index is 0.0720. The fourth-order valence-corrected chi connectivity index (χ4v) is 2.47. The van der Waals surface area contributed by atoms with Crippen molar-refractivity contribution in [2.24, 2.45) is 0 Å². The van der Waals surface area contributed by atoms with Crippen LogP contribution in [-0.4, -0.2) is 32.0 Å². The first-order chi connectivity index (χ1) is 7.86. The molecule has 0 fully saturated rings. The molecule has 0 radical (unpaired) electrons. The maximum Gasteiger partial charge on any atom is 0.240 e. The smallest absolute Gasteiger partial charge is 0.240 e. The molecule has 0 bridgehead atoms. The van der Waals surface area contributed by atoms with Crippen LogP contribution in [0.5, 0.6) is 0 Å². The van der Waals surface area contributed by atoms with Crippen LogP contribution in [0.2, 0.25) is 0 Å². The number of rotatable bonds is 5. The van der Waals surface area contributed by atoms with Crippen LogP contribution in [0.15, 0.2) is 29.2 Å². The van der Waals surface area contributed by atoms with E-state index in [1.54, 1.807) is 6.92 Å². The van der Waals surface area contributed by atoms with Crippen LogP contribution < -0.4 is 4.72 Å². The molecule has 94 valence electrons. The summed E-state index contributed by atoms with van der Waals surface area (Å²) in [7, 11) is -3.64. The van der Waals surface area contributed by atoms with Crippen LogP contribution >= 0.6 is 0 Å². The Morgan fingerprint density at radius 3 is 2.29 bits per heavy atom. The van der Waals surface area contributed by atoms with E-state index in [4.69, 9.17) is 5.11 Å². The topological polar surface area (TPSA) is 83.5 Å². The third kappa shape index (κ3) is 3.62. The van der Waals surface area contributed by atoms with Gasteiger partial charge in [-0.05, 0) is 26.0 Å². The normalized spacial score (nSPS) is 13.4. The van der Waals surface area contributed by atoms with Gasteiger partial charge in [0.15, 0.2) is 5.78 Å². The molecular weight excluding hydrogens is 242 g/mol. The highest BCUT2D eigenvalue weighted by Crippen LogP contribution is 2.11. The van der Waals surface area contributed by atoms with E-state index in [-0.39, 0.29) is 17.3 Å². The van der Waals surface area contributed by atoms with Gasteiger partial charge in [-0.25, -0.2) is 13.1 Å². The number of ketones is 1. The molecule has 0 amide bonds. The summed E-state index contributed by atoms with van der Waals surface area (Å²) in [4.78, 5) is 11.1. The van der Waals surface area contributed by atoms with Gasteiger partial charge in [0.2, 0.25) is 10.0 Å². The second kappa shape index (κ2) is 5.39. The molecule has 0 aliphatic heterocycles. The molecule has 6 heteroatoms. The summed E-state index contributed by atoms with van der Waals surface area (Å²) in [5, 5.41) is 8.79. The zero-order chi connectivity index (χ0) is 13.1. The quantitative estimate of drug-likeness (QED) is 0.754. The molecule has 0 aromatic heterocycles. The van der Waals surface area contributed by atoms with Crippen LogP contribution in [0, 0.1) is 0 Å². The van der Waals surface area contributed by atoms with Crippen molar-refractivity contribution in [2.75, 3.05) is 6.61 Å². The summed E-state index contributed by atoms with van der Waals surface area (Å²) >= 11 is 0. The van der Waals surface area contributed by atoms with Gasteiger partial charge in [-0.3, -0.25) is 4.79 Å². The largest absolute Gasteiger partial charge is 0.395 e. The molecule has 0 heterocycles. The number of carbonyl (C=O) groups is 1. The van der Waals surface area contributed by atoms with E-state index in [2.05, 4.69) is 4.72 Å². The Morgan fingerprint density at radius 1 is 1.35 bits per heavy atom. The molecular formula is C11H15NO4S. The summed E-state index contributed by atoms with van der Waals surface area (Å²) in [6.45, 7) is 2.70. The monoisotopic (exact) mass is 257 g/mol. The maximum absolute atomic E-state index is 11.8. The molecule has 0 saturated heterocycles. The van der Waals surface area contributed by atoms with Crippen LogP contribution in [0.4, 0.5) is 0 Å². The minimum Gasteiger partial charge on any atom is -0.395 e. The summed E-state index contributed by atoms with van der Waals surface area (Å²) in [6, 6.07) is 5.10. The Bertz CT molecular complexity index is 493. The standard InChI is InChI=1S/C11H15NO4S/c1-8(7-13)12-17(15,16)11-5-3-10(4-6-11)9(2)14/h3-6,8,12-13H,7H2,1-2H3. The summed E-state index contributed by atoms with van der Waals surface area (Å²) in [5.74, 6) is -0.120. The molecule has 1 atom stereocenters. The van der Waals surface area contributed by atoms with Gasteiger partial charge in [0, 0.05) is 11.6 Å². The molecule has 0 saturated carbocycles. The summed E-state index contributed by atoms with van der Waals surface area (Å²) in [5.41, 5.74) is 0.458. The van der Waals surface area contributed by atoms with E-state index in [1.165, 1.54) is 31.2 Å². The molecule has 1 unspecified atom stereocenters. The van der Waals surface area contributed by atoms with Gasteiger partial charge in [0.05, 0.1) is 11.5 Å². The third-order valence-corrected chi connectivity index (χ3v) is 3.81. The van der Waals surface area contributed by atoms with Crippen molar-refractivity contribution in [3.05, 3.63) is 29.8 Å². The van der Waals surface area contributed by atoms with Crippen LogP contribution in [-0.2, 0) is 10.0 Å². The first-order valence-corrected chi connectivity index (χ1v) is 6.59. The molecule has 0 spiro atoms. The van der Waals surface area contributed by atoms with Gasteiger partial charge in [-0.1, -0.05) is 12.1 Å². The third-order valence-electron chi connectivity index (χ3n) is 2.20. The van der Waals surface area contributed by atoms with E-state index in [1.807, 2.05) is 0 Å². The van der Waals surface area contributed by atoms with Crippen molar-refractivity contribution in [3.63, 3.8) is 0 Å². The molecule has 0 aliphatic carbocycles. The van der Waals surface area contributed by atoms with Crippen LogP contribution in [0.3, 0.4) is 0 Å². The number of carbonyl (C=O) groups excluding carboxylic acids is 1. The molecule has 1 aromatic rings. The van der Waals surface area contributed by atoms with Gasteiger partial charge in [0.1, 0.15) is 0 Å². The van der Waals surface area contributed by atoms with Crippen molar-refractivity contribution in [1.29, 1.82) is 0 Å². The van der Waals surface area contributed by atoms with Crippen molar-refractivity contribution in [3.8, 4) is 0 Å². The zero-order valence-electron chi connectivity index (χ0n) is 9.67. The highest BCUT2D eigenvalue weighted by Gasteiger charge is 2.16. The Balaban J connectivity index is 2.96. The number of aliphatic hydroxyl groups excluding tert-OH is 1. The van der Waals surface area contributed by atoms with Crippen molar-refractivity contribution in [1.82, 2.24) is 4.72 Å². The number of hydrogen-bond acceptors (Lipinski definition) is 4. The molecule has 1 aromatic carbocycles. The Kier molecular flexibility index (Phi) is 4.39. The fourth-order valence-electron chi connectivity index (χ4n) is 1.24. The van der Waals surface area contributed by atoms with E-state index < -0.39 is 16.1 Å². The molecule has 17 heavy (non-hydrogen) atoms. The number of aliphatic hydroxyl groups is 1. The van der Waals surface area contributed by atoms with Crippen LogP contribution in [0.25, 0.3) is 0 Å². The summed E-state index contributed by atoms with van der Waals surface area (Å²) < 4.78 is 25.9. The number of sulfonamides is 1. The van der Waals surface area contributed by atoms with E-state index in [9.17, 15) is 13.2 Å². The van der Waals surface area contributed by atoms with Crippen molar-refractivity contribution in [2.45, 2.75) is 24.8 Å². The average molecular weight is 257 g/mol. The maximum atomic E-state index is 11.8. The molecule has 5 nitrogen and oxygen atoms in total. The Labute approximate surface area is 101 Å². The first kappa shape index (κ1) is 13.8. The van der Waals surface area contributed by atoms with Gasteiger partial charge in [-0.15, -0.1) is 0 Å². The number of hydrogen-bond donors (Lipinski definition) is 2. The lowest BCUT2D eigenvalue weighted by molar-refractivity contribution is 0.101. The number of Topliss-reactive ketones (excluding diaryl/α,β-unsaturated/α-hetero) is 1. The second-order valence-corrected chi connectivity index (χ2v) is 5.50. The summed E-state index contributed by atoms with van der Waals surface area (Å²) in [6.07, 6.45) is 0.